The second-order valence-electron chi connectivity index (χ2n) is 4.05. The molecule has 6 heteroatoms. The van der Waals surface area contributed by atoms with Gasteiger partial charge in [-0.3, -0.25) is 0 Å². The van der Waals surface area contributed by atoms with E-state index in [0.717, 1.165) is 0 Å². The molecule has 20 heavy (non-hydrogen) atoms. The van der Waals surface area contributed by atoms with Gasteiger partial charge in [-0.15, -0.1) is 0 Å². The molecule has 0 amide bonds. The van der Waals surface area contributed by atoms with E-state index in [1.165, 1.54) is 13.2 Å². The van der Waals surface area contributed by atoms with Crippen molar-refractivity contribution in [3.8, 4) is 0 Å². The van der Waals surface area contributed by atoms with E-state index in [-0.39, 0.29) is 11.4 Å². The summed E-state index contributed by atoms with van der Waals surface area (Å²) < 4.78 is 18.2. The van der Waals surface area contributed by atoms with Gasteiger partial charge in [0.1, 0.15) is 5.82 Å². The van der Waals surface area contributed by atoms with Gasteiger partial charge < -0.3 is 15.8 Å². The minimum absolute atomic E-state index is 0.277. The second-order valence-corrected chi connectivity index (χ2v) is 4.90. The molecule has 0 spiro atoms. The fourth-order valence-electron chi connectivity index (χ4n) is 1.66. The summed E-state index contributed by atoms with van der Waals surface area (Å²) in [4.78, 5) is 11.6. The quantitative estimate of drug-likeness (QED) is 0.661. The maximum atomic E-state index is 13.2. The topological polar surface area (TPSA) is 64.3 Å². The Bertz CT molecular complexity index is 662. The molecule has 2 aromatic carbocycles. The number of ether oxygens (including phenoxy) is 1. The van der Waals surface area contributed by atoms with Crippen molar-refractivity contribution in [1.29, 1.82) is 0 Å². The molecule has 0 saturated heterocycles. The van der Waals surface area contributed by atoms with Crippen molar-refractivity contribution >= 4 is 39.0 Å². The van der Waals surface area contributed by atoms with E-state index in [0.29, 0.717) is 21.5 Å². The lowest BCUT2D eigenvalue weighted by atomic mass is 10.1. The zero-order valence-electron chi connectivity index (χ0n) is 10.6. The van der Waals surface area contributed by atoms with Crippen LogP contribution in [-0.2, 0) is 4.74 Å². The van der Waals surface area contributed by atoms with Gasteiger partial charge in [0, 0.05) is 17.1 Å². The van der Waals surface area contributed by atoms with Crippen LogP contribution in [0.3, 0.4) is 0 Å². The van der Waals surface area contributed by atoms with Gasteiger partial charge in [-0.25, -0.2) is 9.18 Å². The van der Waals surface area contributed by atoms with Crippen molar-refractivity contribution in [1.82, 2.24) is 0 Å². The molecule has 0 atom stereocenters. The molecule has 2 aromatic rings. The number of rotatable bonds is 3. The molecule has 4 nitrogen and oxygen atoms in total. The summed E-state index contributed by atoms with van der Waals surface area (Å²) in [7, 11) is 1.29. The average molecular weight is 339 g/mol. The fraction of sp³-hybridized carbons (Fsp3) is 0.0714. The maximum Gasteiger partial charge on any atom is 0.340 e. The van der Waals surface area contributed by atoms with Crippen molar-refractivity contribution in [2.24, 2.45) is 0 Å². The molecular weight excluding hydrogens is 327 g/mol. The predicted octanol–water partition coefficient (Wildman–Crippen LogP) is 3.70. The highest BCUT2D eigenvalue weighted by atomic mass is 79.9. The summed E-state index contributed by atoms with van der Waals surface area (Å²) >= 11 is 3.11. The zero-order chi connectivity index (χ0) is 14.7. The Balaban J connectivity index is 2.29. The molecule has 0 aliphatic carbocycles. The SMILES string of the molecule is COC(=O)c1cc(Nc2ccc(F)c(Br)c2)ccc1N. The van der Waals surface area contributed by atoms with Gasteiger partial charge in [0.15, 0.2) is 0 Å². The minimum Gasteiger partial charge on any atom is -0.465 e. The molecule has 2 rings (SSSR count). The van der Waals surface area contributed by atoms with Gasteiger partial charge in [-0.1, -0.05) is 0 Å². The Morgan fingerprint density at radius 3 is 2.55 bits per heavy atom. The van der Waals surface area contributed by atoms with Crippen LogP contribution >= 0.6 is 15.9 Å². The van der Waals surface area contributed by atoms with Crippen LogP contribution in [0.5, 0.6) is 0 Å². The molecule has 0 aliphatic heterocycles. The maximum absolute atomic E-state index is 13.2. The van der Waals surface area contributed by atoms with Gasteiger partial charge >= 0.3 is 5.97 Å². The monoisotopic (exact) mass is 338 g/mol. The highest BCUT2D eigenvalue weighted by molar-refractivity contribution is 9.10. The van der Waals surface area contributed by atoms with Gasteiger partial charge in [0.2, 0.25) is 0 Å². The lowest BCUT2D eigenvalue weighted by Gasteiger charge is -2.10. The third-order valence-corrected chi connectivity index (χ3v) is 3.27. The summed E-state index contributed by atoms with van der Waals surface area (Å²) in [5.41, 5.74) is 7.66. The molecule has 104 valence electrons. The van der Waals surface area contributed by atoms with Crippen LogP contribution in [-0.4, -0.2) is 13.1 Å². The number of benzene rings is 2. The Morgan fingerprint density at radius 2 is 1.90 bits per heavy atom. The fourth-order valence-corrected chi connectivity index (χ4v) is 2.04. The lowest BCUT2D eigenvalue weighted by Crippen LogP contribution is -2.06. The van der Waals surface area contributed by atoms with E-state index in [9.17, 15) is 9.18 Å². The first-order valence-electron chi connectivity index (χ1n) is 5.71. The minimum atomic E-state index is -0.508. The number of hydrogen-bond acceptors (Lipinski definition) is 4. The van der Waals surface area contributed by atoms with E-state index < -0.39 is 5.97 Å². The first-order valence-corrected chi connectivity index (χ1v) is 6.50. The van der Waals surface area contributed by atoms with Crippen molar-refractivity contribution in [2.45, 2.75) is 0 Å². The molecule has 0 radical (unpaired) electrons. The summed E-state index contributed by atoms with van der Waals surface area (Å²) in [5, 5.41) is 3.06. The van der Waals surface area contributed by atoms with Crippen LogP contribution in [0.15, 0.2) is 40.9 Å². The Labute approximate surface area is 123 Å². The molecular formula is C14H12BrFN2O2. The summed E-state index contributed by atoms with van der Waals surface area (Å²) in [6.07, 6.45) is 0. The number of carbonyl (C=O) groups is 1. The highest BCUT2D eigenvalue weighted by Crippen LogP contribution is 2.25. The van der Waals surface area contributed by atoms with Crippen molar-refractivity contribution in [3.63, 3.8) is 0 Å². The zero-order valence-corrected chi connectivity index (χ0v) is 12.2. The Morgan fingerprint density at radius 1 is 1.25 bits per heavy atom. The molecule has 0 fully saturated rings. The smallest absolute Gasteiger partial charge is 0.340 e. The number of nitrogen functional groups attached to an aromatic ring is 1. The Kier molecular flexibility index (Phi) is 4.24. The molecule has 0 heterocycles. The van der Waals surface area contributed by atoms with Crippen LogP contribution in [0.2, 0.25) is 0 Å². The van der Waals surface area contributed by atoms with Crippen LogP contribution < -0.4 is 11.1 Å². The van der Waals surface area contributed by atoms with E-state index in [1.807, 2.05) is 0 Å². The third kappa shape index (κ3) is 3.08. The summed E-state index contributed by atoms with van der Waals surface area (Å²) in [6.45, 7) is 0. The average Bonchev–Trinajstić information content (AvgIpc) is 2.44. The number of methoxy groups -OCH3 is 1. The molecule has 0 saturated carbocycles. The van der Waals surface area contributed by atoms with Gasteiger partial charge in [-0.05, 0) is 52.3 Å². The predicted molar refractivity (Wildman–Crippen MR) is 79.6 cm³/mol. The lowest BCUT2D eigenvalue weighted by molar-refractivity contribution is 0.0602. The van der Waals surface area contributed by atoms with Crippen LogP contribution in [0.4, 0.5) is 21.5 Å². The molecule has 3 N–H and O–H groups in total. The largest absolute Gasteiger partial charge is 0.465 e. The van der Waals surface area contributed by atoms with E-state index in [1.54, 1.807) is 30.3 Å². The number of hydrogen-bond donors (Lipinski definition) is 2. The van der Waals surface area contributed by atoms with Crippen LogP contribution in [0.25, 0.3) is 0 Å². The first-order chi connectivity index (χ1) is 9.51. The van der Waals surface area contributed by atoms with Crippen molar-refractivity contribution in [3.05, 3.63) is 52.3 Å². The molecule has 0 aromatic heterocycles. The van der Waals surface area contributed by atoms with Gasteiger partial charge in [0.05, 0.1) is 17.1 Å². The summed E-state index contributed by atoms with van der Waals surface area (Å²) in [6, 6.07) is 9.44. The van der Waals surface area contributed by atoms with Crippen LogP contribution in [0, 0.1) is 5.82 Å². The van der Waals surface area contributed by atoms with Gasteiger partial charge in [0.25, 0.3) is 0 Å². The summed E-state index contributed by atoms with van der Waals surface area (Å²) in [5.74, 6) is -0.852. The second kappa shape index (κ2) is 5.92. The van der Waals surface area contributed by atoms with Crippen molar-refractivity contribution < 1.29 is 13.9 Å². The number of anilines is 3. The number of nitrogens with two attached hydrogens (primary N) is 1. The van der Waals surface area contributed by atoms with Crippen LogP contribution in [0.1, 0.15) is 10.4 Å². The number of nitrogens with one attached hydrogen (secondary N) is 1. The number of carbonyl (C=O) groups excluding carboxylic acids is 1. The number of esters is 1. The van der Waals surface area contributed by atoms with Gasteiger partial charge in [-0.2, -0.15) is 0 Å². The van der Waals surface area contributed by atoms with E-state index >= 15 is 0 Å². The third-order valence-electron chi connectivity index (χ3n) is 2.67. The molecule has 0 bridgehead atoms. The molecule has 0 unspecified atom stereocenters. The van der Waals surface area contributed by atoms with E-state index in [2.05, 4.69) is 26.0 Å². The molecule has 0 aliphatic rings. The highest BCUT2D eigenvalue weighted by Gasteiger charge is 2.11. The number of halogens is 2. The van der Waals surface area contributed by atoms with E-state index in [4.69, 9.17) is 5.73 Å². The van der Waals surface area contributed by atoms with Crippen molar-refractivity contribution in [2.75, 3.05) is 18.2 Å². The Hall–Kier alpha value is -2.08. The standard InChI is InChI=1S/C14H12BrFN2O2/c1-20-14(19)10-6-8(3-5-13(10)17)18-9-2-4-12(16)11(15)7-9/h2-7,18H,17H2,1H3. The first kappa shape index (κ1) is 14.3. The normalized spacial score (nSPS) is 10.2.